The summed E-state index contributed by atoms with van der Waals surface area (Å²) in [5, 5.41) is 8.53. The summed E-state index contributed by atoms with van der Waals surface area (Å²) in [6, 6.07) is 22.5. The van der Waals surface area contributed by atoms with E-state index in [0.717, 1.165) is 51.9 Å². The number of hydrogen-bond donors (Lipinski definition) is 2. The molecule has 0 aromatic heterocycles. The molecule has 2 N–H and O–H groups in total. The van der Waals surface area contributed by atoms with Crippen LogP contribution < -0.4 is 5.48 Å². The molecule has 3 rings (SSSR count). The summed E-state index contributed by atoms with van der Waals surface area (Å²) in [4.78, 5) is 16.3. The molecule has 1 heterocycles. The molecule has 1 aliphatic rings. The Morgan fingerprint density at radius 1 is 0.967 bits per heavy atom. The number of piperazine rings is 1. The molecule has 2 aromatic carbocycles. The van der Waals surface area contributed by atoms with E-state index in [2.05, 4.69) is 77.4 Å². The molecule has 1 atom stereocenters. The van der Waals surface area contributed by atoms with E-state index in [1.54, 1.807) is 5.48 Å². The Labute approximate surface area is 180 Å². The van der Waals surface area contributed by atoms with Crippen molar-refractivity contribution >= 4 is 5.91 Å². The molecule has 30 heavy (non-hydrogen) atoms. The number of unbranched alkanes of at least 4 members (excludes halogenated alkanes) is 3. The third kappa shape index (κ3) is 6.39. The molecule has 5 heteroatoms. The highest BCUT2D eigenvalue weighted by atomic mass is 16.5. The van der Waals surface area contributed by atoms with E-state index in [9.17, 15) is 4.79 Å². The summed E-state index contributed by atoms with van der Waals surface area (Å²) < 4.78 is 0. The third-order valence-electron chi connectivity index (χ3n) is 6.12. The summed E-state index contributed by atoms with van der Waals surface area (Å²) >= 11 is 0. The van der Waals surface area contributed by atoms with Gasteiger partial charge in [-0.05, 0) is 37.4 Å². The van der Waals surface area contributed by atoms with Crippen LogP contribution in [-0.2, 0) is 4.79 Å². The number of amides is 1. The van der Waals surface area contributed by atoms with Gasteiger partial charge in [-0.3, -0.25) is 19.8 Å². The summed E-state index contributed by atoms with van der Waals surface area (Å²) in [7, 11) is 0. The van der Waals surface area contributed by atoms with Crippen molar-refractivity contribution in [3.63, 3.8) is 0 Å². The standard InChI is InChI=1S/C25H35N3O2/c1-21-20-28(19-18-27(21)17-11-3-2-10-16-24(29)26-30)25(22-12-6-4-7-13-22)23-14-8-5-9-15-23/h4-9,12-15,21,25,30H,2-3,10-11,16-20H2,1H3,(H,26,29). The quantitative estimate of drug-likeness (QED) is 0.350. The van der Waals surface area contributed by atoms with E-state index in [-0.39, 0.29) is 5.91 Å². The lowest BCUT2D eigenvalue weighted by atomic mass is 9.95. The van der Waals surface area contributed by atoms with Crippen LogP contribution in [0.1, 0.15) is 56.2 Å². The minimum atomic E-state index is -0.286. The van der Waals surface area contributed by atoms with Crippen molar-refractivity contribution in [2.45, 2.75) is 51.1 Å². The zero-order valence-corrected chi connectivity index (χ0v) is 18.0. The SMILES string of the molecule is CC1CN(C(c2ccccc2)c2ccccc2)CCN1CCCCCCC(=O)NO. The number of carbonyl (C=O) groups is 1. The normalized spacial score (nSPS) is 17.9. The van der Waals surface area contributed by atoms with Gasteiger partial charge in [0.15, 0.2) is 0 Å². The molecule has 0 radical (unpaired) electrons. The first kappa shape index (κ1) is 22.5. The third-order valence-corrected chi connectivity index (χ3v) is 6.12. The molecule has 0 aliphatic carbocycles. The maximum Gasteiger partial charge on any atom is 0.243 e. The molecule has 2 aromatic rings. The molecular weight excluding hydrogens is 374 g/mol. The van der Waals surface area contributed by atoms with E-state index in [1.807, 2.05) is 0 Å². The highest BCUT2D eigenvalue weighted by Crippen LogP contribution is 2.30. The number of carbonyl (C=O) groups excluding carboxylic acids is 1. The van der Waals surface area contributed by atoms with Crippen LogP contribution in [0.25, 0.3) is 0 Å². The molecule has 0 spiro atoms. The van der Waals surface area contributed by atoms with Gasteiger partial charge in [0.05, 0.1) is 6.04 Å². The number of benzene rings is 2. The summed E-state index contributed by atoms with van der Waals surface area (Å²) in [5.74, 6) is -0.286. The summed E-state index contributed by atoms with van der Waals surface area (Å²) in [5.41, 5.74) is 4.41. The van der Waals surface area contributed by atoms with Crippen LogP contribution in [0, 0.1) is 0 Å². The molecule has 1 saturated heterocycles. The Kier molecular flexibility index (Phi) is 8.87. The van der Waals surface area contributed by atoms with Crippen LogP contribution in [0.3, 0.4) is 0 Å². The van der Waals surface area contributed by atoms with E-state index >= 15 is 0 Å². The fraction of sp³-hybridized carbons (Fsp3) is 0.480. The van der Waals surface area contributed by atoms with Crippen molar-refractivity contribution < 1.29 is 10.0 Å². The first-order valence-electron chi connectivity index (χ1n) is 11.2. The largest absolute Gasteiger partial charge is 0.298 e. The zero-order chi connectivity index (χ0) is 21.2. The number of nitrogens with zero attached hydrogens (tertiary/aromatic N) is 2. The predicted molar refractivity (Wildman–Crippen MR) is 120 cm³/mol. The van der Waals surface area contributed by atoms with E-state index in [1.165, 1.54) is 11.1 Å². The van der Waals surface area contributed by atoms with Crippen molar-refractivity contribution in [1.82, 2.24) is 15.3 Å². The molecule has 0 saturated carbocycles. The minimum absolute atomic E-state index is 0.286. The highest BCUT2D eigenvalue weighted by Gasteiger charge is 2.29. The average Bonchev–Trinajstić information content (AvgIpc) is 2.79. The first-order chi connectivity index (χ1) is 14.7. The van der Waals surface area contributed by atoms with Gasteiger partial charge in [0.2, 0.25) is 5.91 Å². The Hall–Kier alpha value is -2.21. The molecule has 1 unspecified atom stereocenters. The maximum absolute atomic E-state index is 11.1. The number of rotatable bonds is 10. The van der Waals surface area contributed by atoms with Crippen LogP contribution in [0.5, 0.6) is 0 Å². The molecule has 0 bridgehead atoms. The Morgan fingerprint density at radius 2 is 1.57 bits per heavy atom. The van der Waals surface area contributed by atoms with Gasteiger partial charge >= 0.3 is 0 Å². The molecule has 5 nitrogen and oxygen atoms in total. The van der Waals surface area contributed by atoms with Gasteiger partial charge < -0.3 is 0 Å². The molecule has 162 valence electrons. The van der Waals surface area contributed by atoms with Crippen molar-refractivity contribution in [2.75, 3.05) is 26.2 Å². The van der Waals surface area contributed by atoms with Gasteiger partial charge in [-0.25, -0.2) is 5.48 Å². The summed E-state index contributed by atoms with van der Waals surface area (Å²) in [6.07, 6.45) is 4.57. The zero-order valence-electron chi connectivity index (χ0n) is 18.0. The molecule has 1 fully saturated rings. The van der Waals surface area contributed by atoms with E-state index < -0.39 is 0 Å². The van der Waals surface area contributed by atoms with Crippen LogP contribution in [0.4, 0.5) is 0 Å². The van der Waals surface area contributed by atoms with E-state index in [4.69, 9.17) is 5.21 Å². The van der Waals surface area contributed by atoms with Crippen LogP contribution in [0.15, 0.2) is 60.7 Å². The molecular formula is C25H35N3O2. The lowest BCUT2D eigenvalue weighted by Gasteiger charge is -2.43. The second kappa shape index (κ2) is 11.8. The van der Waals surface area contributed by atoms with Gasteiger partial charge in [0.1, 0.15) is 0 Å². The van der Waals surface area contributed by atoms with Crippen molar-refractivity contribution in [1.29, 1.82) is 0 Å². The van der Waals surface area contributed by atoms with Gasteiger partial charge in [-0.2, -0.15) is 0 Å². The number of nitrogens with one attached hydrogen (secondary N) is 1. The Balaban J connectivity index is 1.52. The predicted octanol–water partition coefficient (Wildman–Crippen LogP) is 4.24. The highest BCUT2D eigenvalue weighted by molar-refractivity contribution is 5.74. The number of hydrogen-bond acceptors (Lipinski definition) is 4. The van der Waals surface area contributed by atoms with Crippen LogP contribution in [-0.4, -0.2) is 53.1 Å². The van der Waals surface area contributed by atoms with E-state index in [0.29, 0.717) is 18.5 Å². The van der Waals surface area contributed by atoms with Gasteiger partial charge in [-0.1, -0.05) is 73.5 Å². The maximum atomic E-state index is 11.1. The monoisotopic (exact) mass is 409 g/mol. The molecule has 1 amide bonds. The lowest BCUT2D eigenvalue weighted by molar-refractivity contribution is -0.129. The van der Waals surface area contributed by atoms with Gasteiger partial charge in [0.25, 0.3) is 0 Å². The molecule has 1 aliphatic heterocycles. The lowest BCUT2D eigenvalue weighted by Crippen LogP contribution is -2.53. The second-order valence-electron chi connectivity index (χ2n) is 8.30. The van der Waals surface area contributed by atoms with Gasteiger partial charge in [-0.15, -0.1) is 0 Å². The van der Waals surface area contributed by atoms with Crippen molar-refractivity contribution in [3.05, 3.63) is 71.8 Å². The number of hydroxylamine groups is 1. The van der Waals surface area contributed by atoms with Gasteiger partial charge in [0, 0.05) is 32.1 Å². The van der Waals surface area contributed by atoms with Crippen LogP contribution >= 0.6 is 0 Å². The van der Waals surface area contributed by atoms with Crippen molar-refractivity contribution in [2.24, 2.45) is 0 Å². The second-order valence-corrected chi connectivity index (χ2v) is 8.30. The smallest absolute Gasteiger partial charge is 0.243 e. The average molecular weight is 410 g/mol. The first-order valence-corrected chi connectivity index (χ1v) is 11.2. The fourth-order valence-electron chi connectivity index (χ4n) is 4.48. The van der Waals surface area contributed by atoms with Crippen molar-refractivity contribution in [3.8, 4) is 0 Å². The van der Waals surface area contributed by atoms with Crippen LogP contribution in [0.2, 0.25) is 0 Å². The fourth-order valence-corrected chi connectivity index (χ4v) is 4.48. The minimum Gasteiger partial charge on any atom is -0.298 e. The topological polar surface area (TPSA) is 55.8 Å². The Morgan fingerprint density at radius 3 is 2.13 bits per heavy atom. The summed E-state index contributed by atoms with van der Waals surface area (Å²) in [6.45, 7) is 6.66. The Bertz CT molecular complexity index is 714.